The molecule has 3 N–H and O–H groups in total. The van der Waals surface area contributed by atoms with Gasteiger partial charge >= 0.3 is 0 Å². The van der Waals surface area contributed by atoms with Gasteiger partial charge in [0.1, 0.15) is 11.4 Å². The van der Waals surface area contributed by atoms with Crippen LogP contribution in [-0.4, -0.2) is 31.4 Å². The molecule has 0 saturated carbocycles. The van der Waals surface area contributed by atoms with Gasteiger partial charge < -0.3 is 11.1 Å². The summed E-state index contributed by atoms with van der Waals surface area (Å²) in [7, 11) is -3.30. The van der Waals surface area contributed by atoms with Gasteiger partial charge in [-0.1, -0.05) is 0 Å². The molecule has 0 radical (unpaired) electrons. The standard InChI is InChI=1S/C12H15FN2O3S/c13-9-2-4-10(5-3-9)15-12(11(14)16)6-1-7-19(17,18)8-12/h2-5,15H,1,6-8H2,(H2,14,16). The van der Waals surface area contributed by atoms with E-state index in [1.807, 2.05) is 0 Å². The van der Waals surface area contributed by atoms with Gasteiger partial charge in [-0.15, -0.1) is 0 Å². The van der Waals surface area contributed by atoms with Crippen molar-refractivity contribution in [3.8, 4) is 0 Å². The minimum absolute atomic E-state index is 0.0626. The largest absolute Gasteiger partial charge is 0.370 e. The van der Waals surface area contributed by atoms with E-state index in [0.717, 1.165) is 0 Å². The summed E-state index contributed by atoms with van der Waals surface area (Å²) in [6.07, 6.45) is 0.721. The van der Waals surface area contributed by atoms with Crippen molar-refractivity contribution in [2.45, 2.75) is 18.4 Å². The van der Waals surface area contributed by atoms with Crippen LogP contribution in [0.4, 0.5) is 10.1 Å². The summed E-state index contributed by atoms with van der Waals surface area (Å²) in [5, 5.41) is 2.86. The van der Waals surface area contributed by atoms with Crippen molar-refractivity contribution < 1.29 is 17.6 Å². The summed E-state index contributed by atoms with van der Waals surface area (Å²) >= 11 is 0. The Hall–Kier alpha value is -1.63. The van der Waals surface area contributed by atoms with Crippen molar-refractivity contribution in [3.05, 3.63) is 30.1 Å². The highest BCUT2D eigenvalue weighted by Crippen LogP contribution is 2.27. The van der Waals surface area contributed by atoms with Gasteiger partial charge in [-0.2, -0.15) is 0 Å². The highest BCUT2D eigenvalue weighted by molar-refractivity contribution is 7.91. The predicted octanol–water partition coefficient (Wildman–Crippen LogP) is 0.670. The number of primary amides is 1. The van der Waals surface area contributed by atoms with Gasteiger partial charge in [0.05, 0.1) is 11.5 Å². The number of nitrogens with one attached hydrogen (secondary N) is 1. The molecule has 0 aliphatic carbocycles. The van der Waals surface area contributed by atoms with Gasteiger partial charge in [-0.05, 0) is 37.1 Å². The van der Waals surface area contributed by atoms with E-state index in [-0.39, 0.29) is 11.5 Å². The second-order valence-electron chi connectivity index (χ2n) is 4.77. The zero-order chi connectivity index (χ0) is 14.1. The minimum Gasteiger partial charge on any atom is -0.370 e. The van der Waals surface area contributed by atoms with Crippen molar-refractivity contribution in [2.24, 2.45) is 5.73 Å². The third-order valence-electron chi connectivity index (χ3n) is 3.22. The highest BCUT2D eigenvalue weighted by Gasteiger charge is 2.43. The van der Waals surface area contributed by atoms with Gasteiger partial charge in [0.2, 0.25) is 5.91 Å². The van der Waals surface area contributed by atoms with Crippen LogP contribution in [0.5, 0.6) is 0 Å². The number of carbonyl (C=O) groups is 1. The molecule has 19 heavy (non-hydrogen) atoms. The molecule has 2 rings (SSSR count). The van der Waals surface area contributed by atoms with Crippen LogP contribution in [0.15, 0.2) is 24.3 Å². The number of halogens is 1. The average molecular weight is 286 g/mol. The summed E-state index contributed by atoms with van der Waals surface area (Å²) in [6, 6.07) is 5.35. The second kappa shape index (κ2) is 4.80. The molecule has 1 saturated heterocycles. The number of benzene rings is 1. The first-order chi connectivity index (χ1) is 8.83. The van der Waals surface area contributed by atoms with Gasteiger partial charge in [-0.3, -0.25) is 4.79 Å². The van der Waals surface area contributed by atoms with E-state index in [4.69, 9.17) is 5.73 Å². The SMILES string of the molecule is NC(=O)C1(Nc2ccc(F)cc2)CCCS(=O)(=O)C1. The van der Waals surface area contributed by atoms with E-state index < -0.39 is 27.1 Å². The average Bonchev–Trinajstić information content (AvgIpc) is 2.31. The highest BCUT2D eigenvalue weighted by atomic mass is 32.2. The van der Waals surface area contributed by atoms with Crippen molar-refractivity contribution in [3.63, 3.8) is 0 Å². The van der Waals surface area contributed by atoms with Crippen LogP contribution in [-0.2, 0) is 14.6 Å². The number of anilines is 1. The van der Waals surface area contributed by atoms with E-state index >= 15 is 0 Å². The zero-order valence-corrected chi connectivity index (χ0v) is 11.0. The molecule has 1 fully saturated rings. The number of hydrogen-bond acceptors (Lipinski definition) is 4. The van der Waals surface area contributed by atoms with Crippen LogP contribution in [0.2, 0.25) is 0 Å². The number of amides is 1. The lowest BCUT2D eigenvalue weighted by molar-refractivity contribution is -0.122. The molecular weight excluding hydrogens is 271 g/mol. The van der Waals surface area contributed by atoms with E-state index in [0.29, 0.717) is 18.5 Å². The maximum Gasteiger partial charge on any atom is 0.244 e. The van der Waals surface area contributed by atoms with Crippen molar-refractivity contribution in [1.82, 2.24) is 0 Å². The van der Waals surface area contributed by atoms with Crippen molar-refractivity contribution >= 4 is 21.4 Å². The van der Waals surface area contributed by atoms with Crippen LogP contribution in [0.25, 0.3) is 0 Å². The minimum atomic E-state index is -3.30. The quantitative estimate of drug-likeness (QED) is 0.854. The summed E-state index contributed by atoms with van der Waals surface area (Å²) < 4.78 is 36.2. The molecule has 1 aliphatic heterocycles. The van der Waals surface area contributed by atoms with Crippen LogP contribution < -0.4 is 11.1 Å². The van der Waals surface area contributed by atoms with Crippen LogP contribution in [0, 0.1) is 5.82 Å². The molecule has 1 atom stereocenters. The number of nitrogens with two attached hydrogens (primary N) is 1. The van der Waals surface area contributed by atoms with Crippen molar-refractivity contribution in [2.75, 3.05) is 16.8 Å². The number of hydrogen-bond donors (Lipinski definition) is 2. The molecule has 1 heterocycles. The summed E-state index contributed by atoms with van der Waals surface area (Å²) in [4.78, 5) is 11.7. The summed E-state index contributed by atoms with van der Waals surface area (Å²) in [5.41, 5.74) is 4.52. The third kappa shape index (κ3) is 3.04. The first kappa shape index (κ1) is 13.8. The molecule has 5 nitrogen and oxygen atoms in total. The molecule has 0 aromatic heterocycles. The fraction of sp³-hybridized carbons (Fsp3) is 0.417. The maximum absolute atomic E-state index is 12.8. The first-order valence-electron chi connectivity index (χ1n) is 5.87. The van der Waals surface area contributed by atoms with Gasteiger partial charge in [0.15, 0.2) is 9.84 Å². The molecule has 1 aliphatic rings. The lowest BCUT2D eigenvalue weighted by atomic mass is 9.94. The maximum atomic E-state index is 12.8. The number of carbonyl (C=O) groups excluding carboxylic acids is 1. The van der Waals surface area contributed by atoms with Crippen molar-refractivity contribution in [1.29, 1.82) is 0 Å². The van der Waals surface area contributed by atoms with Gasteiger partial charge in [-0.25, -0.2) is 12.8 Å². The number of rotatable bonds is 3. The molecule has 1 amide bonds. The molecule has 1 aromatic rings. The Balaban J connectivity index is 2.30. The smallest absolute Gasteiger partial charge is 0.244 e. The molecular formula is C12H15FN2O3S. The Morgan fingerprint density at radius 1 is 1.32 bits per heavy atom. The van der Waals surface area contributed by atoms with Crippen LogP contribution in [0.3, 0.4) is 0 Å². The molecule has 1 unspecified atom stereocenters. The molecule has 1 aromatic carbocycles. The Bertz CT molecular complexity index is 585. The van der Waals surface area contributed by atoms with E-state index in [1.54, 1.807) is 0 Å². The summed E-state index contributed by atoms with van der Waals surface area (Å²) in [6.45, 7) is 0. The number of sulfone groups is 1. The Labute approximate surface area is 110 Å². The normalized spacial score (nSPS) is 25.7. The molecule has 0 bridgehead atoms. The van der Waals surface area contributed by atoms with Crippen LogP contribution >= 0.6 is 0 Å². The monoisotopic (exact) mass is 286 g/mol. The molecule has 7 heteroatoms. The third-order valence-corrected chi connectivity index (χ3v) is 5.07. The molecule has 104 valence electrons. The molecule has 0 spiro atoms. The van der Waals surface area contributed by atoms with E-state index in [1.165, 1.54) is 24.3 Å². The second-order valence-corrected chi connectivity index (χ2v) is 6.96. The zero-order valence-electron chi connectivity index (χ0n) is 10.2. The van der Waals surface area contributed by atoms with Gasteiger partial charge in [0.25, 0.3) is 0 Å². The Kier molecular flexibility index (Phi) is 3.49. The summed E-state index contributed by atoms with van der Waals surface area (Å²) in [5.74, 6) is -1.38. The first-order valence-corrected chi connectivity index (χ1v) is 7.69. The fourth-order valence-electron chi connectivity index (χ4n) is 2.28. The van der Waals surface area contributed by atoms with E-state index in [9.17, 15) is 17.6 Å². The van der Waals surface area contributed by atoms with Gasteiger partial charge in [0, 0.05) is 5.69 Å². The van der Waals surface area contributed by atoms with Crippen LogP contribution in [0.1, 0.15) is 12.8 Å². The topological polar surface area (TPSA) is 89.3 Å². The predicted molar refractivity (Wildman–Crippen MR) is 69.8 cm³/mol. The Morgan fingerprint density at radius 2 is 1.95 bits per heavy atom. The fourth-order valence-corrected chi connectivity index (χ4v) is 4.12. The Morgan fingerprint density at radius 3 is 2.47 bits per heavy atom. The lowest BCUT2D eigenvalue weighted by Gasteiger charge is -2.35. The van der Waals surface area contributed by atoms with E-state index in [2.05, 4.69) is 5.32 Å². The lowest BCUT2D eigenvalue weighted by Crippen LogP contribution is -2.57.